The average Bonchev–Trinajstić information content (AvgIpc) is 2.30. The van der Waals surface area contributed by atoms with Gasteiger partial charge in [0.15, 0.2) is 0 Å². The Hall–Kier alpha value is -0.610. The fourth-order valence-electron chi connectivity index (χ4n) is 1.84. The van der Waals surface area contributed by atoms with Gasteiger partial charge in [-0.2, -0.15) is 0 Å². The van der Waals surface area contributed by atoms with E-state index in [1.165, 1.54) is 0 Å². The molecule has 1 amide bonds. The third-order valence-electron chi connectivity index (χ3n) is 3.34. The minimum atomic E-state index is -0.119. The summed E-state index contributed by atoms with van der Waals surface area (Å²) in [5.41, 5.74) is 0. The average molecular weight is 228 g/mol. The topological polar surface area (TPSA) is 52.6 Å². The Kier molecular flexibility index (Phi) is 5.77. The Labute approximate surface area is 98.0 Å². The highest BCUT2D eigenvalue weighted by atomic mass is 16.3. The summed E-state index contributed by atoms with van der Waals surface area (Å²) < 4.78 is 0. The lowest BCUT2D eigenvalue weighted by molar-refractivity contribution is -0.124. The highest BCUT2D eigenvalue weighted by molar-refractivity contribution is 5.78. The molecule has 0 bridgehead atoms. The summed E-state index contributed by atoms with van der Waals surface area (Å²) in [5.74, 6) is 0.266. The van der Waals surface area contributed by atoms with Crippen LogP contribution in [0.25, 0.3) is 0 Å². The Morgan fingerprint density at radius 3 is 2.69 bits per heavy atom. The summed E-state index contributed by atoms with van der Waals surface area (Å²) in [6, 6.07) is 0. The molecular weight excluding hydrogens is 204 g/mol. The number of hydrogen-bond donors (Lipinski definition) is 2. The van der Waals surface area contributed by atoms with E-state index in [2.05, 4.69) is 10.2 Å². The van der Waals surface area contributed by atoms with E-state index in [9.17, 15) is 9.90 Å². The van der Waals surface area contributed by atoms with Crippen LogP contribution in [0.5, 0.6) is 0 Å². The maximum absolute atomic E-state index is 11.5. The molecule has 1 aliphatic heterocycles. The van der Waals surface area contributed by atoms with Crippen LogP contribution in [0.1, 0.15) is 33.1 Å². The number of carbonyl (C=O) groups excluding carboxylic acids is 1. The van der Waals surface area contributed by atoms with E-state index in [-0.39, 0.29) is 17.9 Å². The monoisotopic (exact) mass is 228 g/mol. The quantitative estimate of drug-likeness (QED) is 0.725. The fraction of sp³-hybridized carbons (Fsp3) is 0.917. The maximum Gasteiger partial charge on any atom is 0.222 e. The number of aliphatic hydroxyl groups is 1. The molecule has 0 spiro atoms. The lowest BCUT2D eigenvalue weighted by atomic mass is 10.1. The van der Waals surface area contributed by atoms with Crippen LogP contribution in [0.15, 0.2) is 0 Å². The second kappa shape index (κ2) is 6.86. The molecule has 1 rings (SSSR count). The van der Waals surface area contributed by atoms with Gasteiger partial charge in [-0.15, -0.1) is 0 Å². The molecule has 0 aromatic heterocycles. The van der Waals surface area contributed by atoms with Crippen LogP contribution in [-0.2, 0) is 4.79 Å². The number of carbonyl (C=O) groups is 1. The predicted molar refractivity (Wildman–Crippen MR) is 64.1 cm³/mol. The molecule has 0 saturated carbocycles. The van der Waals surface area contributed by atoms with E-state index < -0.39 is 0 Å². The van der Waals surface area contributed by atoms with Crippen LogP contribution in [-0.4, -0.2) is 48.2 Å². The molecule has 0 aliphatic carbocycles. The van der Waals surface area contributed by atoms with Gasteiger partial charge in [-0.25, -0.2) is 0 Å². The highest BCUT2D eigenvalue weighted by Crippen LogP contribution is 2.08. The van der Waals surface area contributed by atoms with Crippen LogP contribution in [0.4, 0.5) is 0 Å². The minimum Gasteiger partial charge on any atom is -0.393 e. The molecule has 2 N–H and O–H groups in total. The molecule has 4 nitrogen and oxygen atoms in total. The van der Waals surface area contributed by atoms with E-state index in [1.54, 1.807) is 0 Å². The molecule has 1 unspecified atom stereocenters. The predicted octanol–water partition coefficient (Wildman–Crippen LogP) is 0.605. The smallest absolute Gasteiger partial charge is 0.222 e. The van der Waals surface area contributed by atoms with Gasteiger partial charge in [0.1, 0.15) is 0 Å². The van der Waals surface area contributed by atoms with Gasteiger partial charge < -0.3 is 15.3 Å². The summed E-state index contributed by atoms with van der Waals surface area (Å²) in [4.78, 5) is 13.8. The second-order valence-electron chi connectivity index (χ2n) is 4.67. The second-order valence-corrected chi connectivity index (χ2v) is 4.67. The summed E-state index contributed by atoms with van der Waals surface area (Å²) in [6.07, 6.45) is 2.49. The standard InChI is InChI=1S/C12H24N2O2/c1-3-10(2)12(16)13-6-9-14-7-4-11(15)5-8-14/h10-11,15H,3-9H2,1-2H3,(H,13,16). The van der Waals surface area contributed by atoms with Crippen molar-refractivity contribution in [2.24, 2.45) is 5.92 Å². The number of hydrogen-bond acceptors (Lipinski definition) is 3. The van der Waals surface area contributed by atoms with Gasteiger partial charge in [0.25, 0.3) is 0 Å². The first-order valence-corrected chi connectivity index (χ1v) is 6.31. The normalized spacial score (nSPS) is 20.7. The van der Waals surface area contributed by atoms with Crippen LogP contribution >= 0.6 is 0 Å². The zero-order valence-electron chi connectivity index (χ0n) is 10.4. The van der Waals surface area contributed by atoms with Crippen molar-refractivity contribution in [1.29, 1.82) is 0 Å². The summed E-state index contributed by atoms with van der Waals surface area (Å²) in [5, 5.41) is 12.3. The van der Waals surface area contributed by atoms with Crippen molar-refractivity contribution in [2.75, 3.05) is 26.2 Å². The van der Waals surface area contributed by atoms with Crippen molar-refractivity contribution in [3.63, 3.8) is 0 Å². The van der Waals surface area contributed by atoms with E-state index >= 15 is 0 Å². The van der Waals surface area contributed by atoms with E-state index in [4.69, 9.17) is 0 Å². The molecular formula is C12H24N2O2. The third kappa shape index (κ3) is 4.49. The van der Waals surface area contributed by atoms with Crippen molar-refractivity contribution < 1.29 is 9.90 Å². The lowest BCUT2D eigenvalue weighted by Gasteiger charge is -2.29. The number of amides is 1. The van der Waals surface area contributed by atoms with Gasteiger partial charge >= 0.3 is 0 Å². The fourth-order valence-corrected chi connectivity index (χ4v) is 1.84. The van der Waals surface area contributed by atoms with Gasteiger partial charge in [0.2, 0.25) is 5.91 Å². The summed E-state index contributed by atoms with van der Waals surface area (Å²) in [6.45, 7) is 7.48. The first-order valence-electron chi connectivity index (χ1n) is 6.31. The van der Waals surface area contributed by atoms with E-state index in [0.717, 1.165) is 45.4 Å². The zero-order chi connectivity index (χ0) is 12.0. The van der Waals surface area contributed by atoms with E-state index in [1.807, 2.05) is 13.8 Å². The molecule has 0 aromatic carbocycles. The van der Waals surface area contributed by atoms with Gasteiger partial charge in [-0.05, 0) is 19.3 Å². The molecule has 0 radical (unpaired) electrons. The molecule has 0 aromatic rings. The van der Waals surface area contributed by atoms with Crippen LogP contribution in [0.3, 0.4) is 0 Å². The molecule has 1 fully saturated rings. The number of rotatable bonds is 5. The summed E-state index contributed by atoms with van der Waals surface area (Å²) >= 11 is 0. The number of piperidine rings is 1. The number of nitrogens with zero attached hydrogens (tertiary/aromatic N) is 1. The van der Waals surface area contributed by atoms with Crippen molar-refractivity contribution in [1.82, 2.24) is 10.2 Å². The van der Waals surface area contributed by atoms with Crippen LogP contribution < -0.4 is 5.32 Å². The minimum absolute atomic E-state index is 0.114. The van der Waals surface area contributed by atoms with Gasteiger partial charge in [0.05, 0.1) is 6.10 Å². The largest absolute Gasteiger partial charge is 0.393 e. The van der Waals surface area contributed by atoms with Gasteiger partial charge in [0, 0.05) is 32.1 Å². The Bertz CT molecular complexity index is 213. The molecule has 1 aliphatic rings. The van der Waals surface area contributed by atoms with Crippen LogP contribution in [0.2, 0.25) is 0 Å². The molecule has 4 heteroatoms. The highest BCUT2D eigenvalue weighted by Gasteiger charge is 2.16. The molecule has 1 saturated heterocycles. The molecule has 1 atom stereocenters. The third-order valence-corrected chi connectivity index (χ3v) is 3.34. The zero-order valence-corrected chi connectivity index (χ0v) is 10.4. The Morgan fingerprint density at radius 1 is 1.50 bits per heavy atom. The Morgan fingerprint density at radius 2 is 2.12 bits per heavy atom. The van der Waals surface area contributed by atoms with Crippen molar-refractivity contribution in [3.05, 3.63) is 0 Å². The first kappa shape index (κ1) is 13.5. The van der Waals surface area contributed by atoms with Gasteiger partial charge in [-0.3, -0.25) is 4.79 Å². The summed E-state index contributed by atoms with van der Waals surface area (Å²) in [7, 11) is 0. The number of nitrogens with one attached hydrogen (secondary N) is 1. The lowest BCUT2D eigenvalue weighted by Crippen LogP contribution is -2.41. The number of aliphatic hydroxyl groups excluding tert-OH is 1. The number of likely N-dealkylation sites (tertiary alicyclic amines) is 1. The maximum atomic E-state index is 11.5. The van der Waals surface area contributed by atoms with Crippen molar-refractivity contribution in [3.8, 4) is 0 Å². The SMILES string of the molecule is CCC(C)C(=O)NCCN1CCC(O)CC1. The van der Waals surface area contributed by atoms with Crippen molar-refractivity contribution >= 4 is 5.91 Å². The molecule has 16 heavy (non-hydrogen) atoms. The Balaban J connectivity index is 2.09. The molecule has 94 valence electrons. The van der Waals surface area contributed by atoms with Crippen molar-refractivity contribution in [2.45, 2.75) is 39.2 Å². The first-order chi connectivity index (χ1) is 7.63. The van der Waals surface area contributed by atoms with E-state index in [0.29, 0.717) is 0 Å². The van der Waals surface area contributed by atoms with Gasteiger partial charge in [-0.1, -0.05) is 13.8 Å². The van der Waals surface area contributed by atoms with Crippen LogP contribution in [0, 0.1) is 5.92 Å². The molecule has 1 heterocycles.